The fourth-order valence-electron chi connectivity index (χ4n) is 3.03. The average molecular weight is 397 g/mol. The highest BCUT2D eigenvalue weighted by atomic mass is 32.2. The molecule has 0 spiro atoms. The number of nitrogens with zero attached hydrogens (tertiary/aromatic N) is 2. The summed E-state index contributed by atoms with van der Waals surface area (Å²) in [7, 11) is -3.73. The molecule has 1 aromatic rings. The number of hydrogen-bond acceptors (Lipinski definition) is 5. The molecule has 1 amide bonds. The molecule has 0 saturated carbocycles. The topological polar surface area (TPSA) is 84.0 Å². The summed E-state index contributed by atoms with van der Waals surface area (Å²) in [4.78, 5) is 25.5. The van der Waals surface area contributed by atoms with Crippen molar-refractivity contribution in [2.24, 2.45) is 0 Å². The Morgan fingerprint density at radius 1 is 1.04 bits per heavy atom. The van der Waals surface area contributed by atoms with E-state index in [-0.39, 0.29) is 29.8 Å². The molecule has 2 rings (SSSR count). The molecular weight excluding hydrogens is 368 g/mol. The van der Waals surface area contributed by atoms with Crippen molar-refractivity contribution in [3.8, 4) is 0 Å². The number of carbonyl (C=O) groups is 2. The van der Waals surface area contributed by atoms with Crippen LogP contribution in [0.15, 0.2) is 29.2 Å². The molecule has 7 nitrogen and oxygen atoms in total. The first kappa shape index (κ1) is 21.4. The molecule has 8 heteroatoms. The molecule has 2 atom stereocenters. The van der Waals surface area contributed by atoms with E-state index in [1.165, 1.54) is 35.5 Å². The smallest absolute Gasteiger partial charge is 0.410 e. The standard InChI is InChI=1S/C19H28N2O5S/c1-13-14(2)21(12-11-20(13)18(23)26-19(4,5)6)27(24,25)17-9-7-16(8-10-17)15(3)22/h7-10,13-14H,11-12H2,1-6H3/t13-,14+/m1/s1. The highest BCUT2D eigenvalue weighted by Gasteiger charge is 2.41. The van der Waals surface area contributed by atoms with Crippen LogP contribution >= 0.6 is 0 Å². The van der Waals surface area contributed by atoms with E-state index in [0.717, 1.165) is 0 Å². The van der Waals surface area contributed by atoms with Crippen molar-refractivity contribution in [1.82, 2.24) is 9.21 Å². The van der Waals surface area contributed by atoms with Crippen molar-refractivity contribution >= 4 is 21.9 Å². The van der Waals surface area contributed by atoms with Gasteiger partial charge in [0.05, 0.1) is 4.90 Å². The lowest BCUT2D eigenvalue weighted by Crippen LogP contribution is -2.60. The van der Waals surface area contributed by atoms with E-state index in [9.17, 15) is 18.0 Å². The summed E-state index contributed by atoms with van der Waals surface area (Å²) in [5.74, 6) is -0.119. The molecule has 1 aliphatic rings. The minimum Gasteiger partial charge on any atom is -0.444 e. The predicted octanol–water partition coefficient (Wildman–Crippen LogP) is 2.91. The molecule has 0 bridgehead atoms. The summed E-state index contributed by atoms with van der Waals surface area (Å²) in [6, 6.07) is 5.18. The van der Waals surface area contributed by atoms with Gasteiger partial charge in [-0.15, -0.1) is 0 Å². The van der Waals surface area contributed by atoms with Gasteiger partial charge in [-0.2, -0.15) is 4.31 Å². The lowest BCUT2D eigenvalue weighted by molar-refractivity contribution is 0.000101. The van der Waals surface area contributed by atoms with Gasteiger partial charge in [0, 0.05) is 30.7 Å². The summed E-state index contributed by atoms with van der Waals surface area (Å²) in [6.45, 7) is 10.9. The van der Waals surface area contributed by atoms with Crippen LogP contribution in [0.25, 0.3) is 0 Å². The molecule has 1 heterocycles. The first-order valence-electron chi connectivity index (χ1n) is 8.97. The van der Waals surface area contributed by atoms with Gasteiger partial charge in [0.1, 0.15) is 5.60 Å². The highest BCUT2D eigenvalue weighted by Crippen LogP contribution is 2.26. The maximum Gasteiger partial charge on any atom is 0.410 e. The van der Waals surface area contributed by atoms with Crippen molar-refractivity contribution in [3.63, 3.8) is 0 Å². The Labute approximate surface area is 161 Å². The fourth-order valence-corrected chi connectivity index (χ4v) is 4.72. The number of amides is 1. The lowest BCUT2D eigenvalue weighted by Gasteiger charge is -2.44. The SMILES string of the molecule is CC(=O)c1ccc(S(=O)(=O)N2CCN(C(=O)OC(C)(C)C)[C@H](C)[C@@H]2C)cc1. The molecule has 0 unspecified atom stereocenters. The molecule has 0 N–H and O–H groups in total. The second-order valence-electron chi connectivity index (χ2n) is 7.85. The summed E-state index contributed by atoms with van der Waals surface area (Å²) in [5.41, 5.74) is -0.146. The minimum atomic E-state index is -3.73. The second kappa shape index (κ2) is 7.59. The maximum atomic E-state index is 13.0. The number of hydrogen-bond donors (Lipinski definition) is 0. The predicted molar refractivity (Wildman–Crippen MR) is 102 cm³/mol. The zero-order valence-electron chi connectivity index (χ0n) is 16.7. The zero-order chi connectivity index (χ0) is 20.6. The van der Waals surface area contributed by atoms with E-state index in [1.807, 2.05) is 6.92 Å². The van der Waals surface area contributed by atoms with Crippen LogP contribution < -0.4 is 0 Å². The highest BCUT2D eigenvalue weighted by molar-refractivity contribution is 7.89. The molecule has 1 saturated heterocycles. The van der Waals surface area contributed by atoms with Gasteiger partial charge in [0.2, 0.25) is 10.0 Å². The van der Waals surface area contributed by atoms with Gasteiger partial charge in [-0.3, -0.25) is 4.79 Å². The van der Waals surface area contributed by atoms with Gasteiger partial charge in [0.25, 0.3) is 0 Å². The Morgan fingerprint density at radius 2 is 1.59 bits per heavy atom. The zero-order valence-corrected chi connectivity index (χ0v) is 17.5. The Hall–Kier alpha value is -1.93. The van der Waals surface area contributed by atoms with Gasteiger partial charge < -0.3 is 9.64 Å². The summed E-state index contributed by atoms with van der Waals surface area (Å²) < 4.78 is 32.9. The van der Waals surface area contributed by atoms with Gasteiger partial charge >= 0.3 is 6.09 Å². The quantitative estimate of drug-likeness (QED) is 0.734. The monoisotopic (exact) mass is 396 g/mol. The molecular formula is C19H28N2O5S. The van der Waals surface area contributed by atoms with E-state index >= 15 is 0 Å². The third-order valence-electron chi connectivity index (χ3n) is 4.70. The number of ketones is 1. The molecule has 150 valence electrons. The third-order valence-corrected chi connectivity index (χ3v) is 6.70. The van der Waals surface area contributed by atoms with Gasteiger partial charge in [-0.25, -0.2) is 13.2 Å². The van der Waals surface area contributed by atoms with Gasteiger partial charge in [0.15, 0.2) is 5.78 Å². The molecule has 0 aliphatic carbocycles. The summed E-state index contributed by atoms with van der Waals surface area (Å²) in [5, 5.41) is 0. The number of Topliss-reactive ketones (excluding diaryl/α,β-unsaturated/α-hetero) is 1. The Kier molecular flexibility index (Phi) is 6.01. The Balaban J connectivity index is 2.21. The Morgan fingerprint density at radius 3 is 2.07 bits per heavy atom. The van der Waals surface area contributed by atoms with E-state index < -0.39 is 27.8 Å². The van der Waals surface area contributed by atoms with Crippen LogP contribution in [-0.2, 0) is 14.8 Å². The second-order valence-corrected chi connectivity index (χ2v) is 9.74. The molecule has 1 aliphatic heterocycles. The van der Waals surface area contributed by atoms with Crippen molar-refractivity contribution in [1.29, 1.82) is 0 Å². The van der Waals surface area contributed by atoms with Crippen molar-refractivity contribution in [2.75, 3.05) is 13.1 Å². The molecule has 1 aromatic carbocycles. The van der Waals surface area contributed by atoms with Crippen LogP contribution in [0.1, 0.15) is 51.9 Å². The van der Waals surface area contributed by atoms with E-state index in [1.54, 1.807) is 32.6 Å². The number of sulfonamides is 1. The summed E-state index contributed by atoms with van der Waals surface area (Å²) in [6.07, 6.45) is -0.440. The number of rotatable bonds is 3. The molecule has 1 fully saturated rings. The average Bonchev–Trinajstić information content (AvgIpc) is 2.55. The number of carbonyl (C=O) groups excluding carboxylic acids is 2. The van der Waals surface area contributed by atoms with Crippen LogP contribution in [-0.4, -0.2) is 60.3 Å². The van der Waals surface area contributed by atoms with Crippen LogP contribution in [0.3, 0.4) is 0 Å². The fraction of sp³-hybridized carbons (Fsp3) is 0.579. The van der Waals surface area contributed by atoms with Crippen LogP contribution in [0.4, 0.5) is 4.79 Å². The molecule has 0 aromatic heterocycles. The van der Waals surface area contributed by atoms with Crippen molar-refractivity contribution in [3.05, 3.63) is 29.8 Å². The summed E-state index contributed by atoms with van der Waals surface area (Å²) >= 11 is 0. The van der Waals surface area contributed by atoms with Crippen molar-refractivity contribution in [2.45, 2.75) is 64.1 Å². The lowest BCUT2D eigenvalue weighted by atomic mass is 10.1. The first-order valence-corrected chi connectivity index (χ1v) is 10.4. The number of ether oxygens (including phenoxy) is 1. The van der Waals surface area contributed by atoms with Crippen molar-refractivity contribution < 1.29 is 22.7 Å². The van der Waals surface area contributed by atoms with Crippen LogP contribution in [0, 0.1) is 0 Å². The van der Waals surface area contributed by atoms with Gasteiger partial charge in [-0.1, -0.05) is 12.1 Å². The molecule has 27 heavy (non-hydrogen) atoms. The number of piperazine rings is 1. The van der Waals surface area contributed by atoms with E-state index in [2.05, 4.69) is 0 Å². The van der Waals surface area contributed by atoms with E-state index in [4.69, 9.17) is 4.74 Å². The third kappa shape index (κ3) is 4.68. The van der Waals surface area contributed by atoms with Crippen LogP contribution in [0.2, 0.25) is 0 Å². The van der Waals surface area contributed by atoms with Crippen LogP contribution in [0.5, 0.6) is 0 Å². The van der Waals surface area contributed by atoms with Gasteiger partial charge in [-0.05, 0) is 53.7 Å². The van der Waals surface area contributed by atoms with E-state index in [0.29, 0.717) is 5.56 Å². The Bertz CT molecular complexity index is 811. The normalized spacial score (nSPS) is 21.8. The minimum absolute atomic E-state index is 0.119. The largest absolute Gasteiger partial charge is 0.444 e. The first-order chi connectivity index (χ1) is 12.3. The maximum absolute atomic E-state index is 13.0. The molecule has 0 radical (unpaired) electrons. The number of benzene rings is 1.